The number of hydrogen-bond acceptors (Lipinski definition) is 5. The highest BCUT2D eigenvalue weighted by atomic mass is 32.1. The molecule has 0 spiro atoms. The van der Waals surface area contributed by atoms with E-state index in [-0.39, 0.29) is 12.5 Å². The van der Waals surface area contributed by atoms with Crippen molar-refractivity contribution in [1.29, 1.82) is 0 Å². The van der Waals surface area contributed by atoms with Crippen LogP contribution in [0.4, 0.5) is 0 Å². The van der Waals surface area contributed by atoms with Gasteiger partial charge in [0.1, 0.15) is 10.7 Å². The lowest BCUT2D eigenvalue weighted by molar-refractivity contribution is 0.0896. The van der Waals surface area contributed by atoms with Gasteiger partial charge in [-0.05, 0) is 23.8 Å². The molecule has 0 radical (unpaired) electrons. The molecule has 0 fully saturated rings. The molecule has 6 heteroatoms. The van der Waals surface area contributed by atoms with E-state index in [9.17, 15) is 9.90 Å². The molecule has 108 valence electrons. The third kappa shape index (κ3) is 4.13. The molecule has 1 amide bonds. The van der Waals surface area contributed by atoms with Crippen LogP contribution in [0.3, 0.4) is 0 Å². The summed E-state index contributed by atoms with van der Waals surface area (Å²) >= 11 is 3.06. The minimum atomic E-state index is -0.505. The van der Waals surface area contributed by atoms with Gasteiger partial charge in [-0.3, -0.25) is 4.79 Å². The fourth-order valence-corrected chi connectivity index (χ4v) is 3.43. The van der Waals surface area contributed by atoms with Gasteiger partial charge >= 0.3 is 0 Å². The Balaban J connectivity index is 1.90. The number of thiophene rings is 1. The van der Waals surface area contributed by atoms with Crippen LogP contribution in [-0.4, -0.2) is 28.6 Å². The van der Waals surface area contributed by atoms with E-state index in [1.54, 1.807) is 16.7 Å². The fraction of sp³-hybridized carbons (Fsp3) is 0.429. The molecule has 1 atom stereocenters. The summed E-state index contributed by atoms with van der Waals surface area (Å²) in [6.07, 6.45) is 0.173. The van der Waals surface area contributed by atoms with Crippen molar-refractivity contribution < 1.29 is 9.90 Å². The first-order valence-corrected chi connectivity index (χ1v) is 8.28. The molecule has 4 nitrogen and oxygen atoms in total. The summed E-state index contributed by atoms with van der Waals surface area (Å²) < 4.78 is 0. The van der Waals surface area contributed by atoms with Crippen LogP contribution in [0.25, 0.3) is 9.88 Å². The smallest absolute Gasteiger partial charge is 0.270 e. The zero-order valence-corrected chi connectivity index (χ0v) is 13.1. The van der Waals surface area contributed by atoms with Crippen LogP contribution in [0.2, 0.25) is 0 Å². The third-order valence-corrected chi connectivity index (χ3v) is 4.59. The number of rotatable bonds is 6. The highest BCUT2D eigenvalue weighted by molar-refractivity contribution is 7.20. The van der Waals surface area contributed by atoms with Gasteiger partial charge in [0.15, 0.2) is 0 Å². The van der Waals surface area contributed by atoms with Crippen LogP contribution < -0.4 is 5.32 Å². The molecule has 1 unspecified atom stereocenters. The lowest BCUT2D eigenvalue weighted by Crippen LogP contribution is -2.32. The Labute approximate surface area is 126 Å². The highest BCUT2D eigenvalue weighted by Gasteiger charge is 2.14. The minimum absolute atomic E-state index is 0.230. The summed E-state index contributed by atoms with van der Waals surface area (Å²) in [6.45, 7) is 4.35. The first-order valence-electron chi connectivity index (χ1n) is 6.52. The largest absolute Gasteiger partial charge is 0.391 e. The van der Waals surface area contributed by atoms with E-state index in [0.29, 0.717) is 18.0 Å². The standard InChI is InChI=1S/C14H18N2O2S2/c1-9(2)6-10(17)7-15-13(18)11-8-20-14(16-11)12-4-3-5-19-12/h3-5,8-10,17H,6-7H2,1-2H3,(H,15,18). The Bertz CT molecular complexity index is 549. The zero-order valence-electron chi connectivity index (χ0n) is 11.5. The van der Waals surface area contributed by atoms with E-state index in [4.69, 9.17) is 0 Å². The summed E-state index contributed by atoms with van der Waals surface area (Å²) in [5.74, 6) is 0.179. The van der Waals surface area contributed by atoms with E-state index >= 15 is 0 Å². The van der Waals surface area contributed by atoms with Gasteiger partial charge in [0, 0.05) is 11.9 Å². The molecule has 0 aliphatic rings. The van der Waals surface area contributed by atoms with Crippen molar-refractivity contribution in [3.8, 4) is 9.88 Å². The first kappa shape index (κ1) is 15.2. The lowest BCUT2D eigenvalue weighted by atomic mass is 10.1. The minimum Gasteiger partial charge on any atom is -0.391 e. The summed E-state index contributed by atoms with van der Waals surface area (Å²) in [7, 11) is 0. The van der Waals surface area contributed by atoms with Gasteiger partial charge in [-0.15, -0.1) is 22.7 Å². The molecule has 2 heterocycles. The van der Waals surface area contributed by atoms with E-state index in [0.717, 1.165) is 9.88 Å². The van der Waals surface area contributed by atoms with Crippen LogP contribution in [0.5, 0.6) is 0 Å². The average molecular weight is 310 g/mol. The van der Waals surface area contributed by atoms with Crippen LogP contribution in [0.15, 0.2) is 22.9 Å². The Morgan fingerprint density at radius 3 is 2.90 bits per heavy atom. The van der Waals surface area contributed by atoms with Gasteiger partial charge in [0.25, 0.3) is 5.91 Å². The Morgan fingerprint density at radius 1 is 1.45 bits per heavy atom. The third-order valence-electron chi connectivity index (χ3n) is 2.71. The van der Waals surface area contributed by atoms with Crippen LogP contribution in [0.1, 0.15) is 30.8 Å². The molecule has 2 rings (SSSR count). The van der Waals surface area contributed by atoms with Gasteiger partial charge in [-0.2, -0.15) is 0 Å². The summed E-state index contributed by atoms with van der Waals surface area (Å²) in [5.41, 5.74) is 0.412. The summed E-state index contributed by atoms with van der Waals surface area (Å²) in [4.78, 5) is 17.3. The maximum atomic E-state index is 11.9. The number of aliphatic hydroxyl groups excluding tert-OH is 1. The molecule has 0 aliphatic carbocycles. The Morgan fingerprint density at radius 2 is 2.25 bits per heavy atom. The van der Waals surface area contributed by atoms with Crippen molar-refractivity contribution in [2.24, 2.45) is 5.92 Å². The highest BCUT2D eigenvalue weighted by Crippen LogP contribution is 2.27. The van der Waals surface area contributed by atoms with Crippen molar-refractivity contribution in [1.82, 2.24) is 10.3 Å². The van der Waals surface area contributed by atoms with Crippen molar-refractivity contribution in [3.05, 3.63) is 28.6 Å². The van der Waals surface area contributed by atoms with E-state index in [1.165, 1.54) is 11.3 Å². The second kappa shape index (κ2) is 6.97. The predicted molar refractivity (Wildman–Crippen MR) is 83.2 cm³/mol. The van der Waals surface area contributed by atoms with Crippen molar-refractivity contribution in [2.75, 3.05) is 6.54 Å². The zero-order chi connectivity index (χ0) is 14.5. The SMILES string of the molecule is CC(C)CC(O)CNC(=O)c1csc(-c2cccs2)n1. The number of amides is 1. The lowest BCUT2D eigenvalue weighted by Gasteiger charge is -2.13. The van der Waals surface area contributed by atoms with Gasteiger partial charge in [0.2, 0.25) is 0 Å². The van der Waals surface area contributed by atoms with Crippen molar-refractivity contribution in [3.63, 3.8) is 0 Å². The second-order valence-electron chi connectivity index (χ2n) is 5.01. The van der Waals surface area contributed by atoms with Crippen molar-refractivity contribution in [2.45, 2.75) is 26.4 Å². The first-order chi connectivity index (χ1) is 9.56. The maximum Gasteiger partial charge on any atom is 0.270 e. The second-order valence-corrected chi connectivity index (χ2v) is 6.81. The number of aliphatic hydroxyl groups is 1. The van der Waals surface area contributed by atoms with Gasteiger partial charge < -0.3 is 10.4 Å². The molecule has 2 aromatic rings. The molecule has 0 aromatic carbocycles. The number of thiazole rings is 1. The molecule has 0 saturated heterocycles. The molecular formula is C14H18N2O2S2. The van der Waals surface area contributed by atoms with Gasteiger partial charge in [0.05, 0.1) is 11.0 Å². The Hall–Kier alpha value is -1.24. The average Bonchev–Trinajstić information content (AvgIpc) is 3.04. The van der Waals surface area contributed by atoms with Crippen molar-refractivity contribution >= 4 is 28.6 Å². The van der Waals surface area contributed by atoms with E-state index in [2.05, 4.69) is 10.3 Å². The normalized spacial score (nSPS) is 12.6. The number of hydrogen-bond donors (Lipinski definition) is 2. The van der Waals surface area contributed by atoms with Gasteiger partial charge in [-0.1, -0.05) is 19.9 Å². The monoisotopic (exact) mass is 310 g/mol. The summed E-state index contributed by atoms with van der Waals surface area (Å²) in [6, 6.07) is 3.95. The molecule has 2 aromatic heterocycles. The summed E-state index contributed by atoms with van der Waals surface area (Å²) in [5, 5.41) is 17.0. The maximum absolute atomic E-state index is 11.9. The fourth-order valence-electron chi connectivity index (χ4n) is 1.82. The number of aromatic nitrogens is 1. The van der Waals surface area contributed by atoms with Crippen LogP contribution in [-0.2, 0) is 0 Å². The molecule has 0 saturated carbocycles. The van der Waals surface area contributed by atoms with E-state index in [1.807, 2.05) is 31.4 Å². The molecule has 2 N–H and O–H groups in total. The number of carbonyl (C=O) groups is 1. The van der Waals surface area contributed by atoms with Crippen LogP contribution in [0, 0.1) is 5.92 Å². The number of nitrogens with zero attached hydrogens (tertiary/aromatic N) is 1. The molecular weight excluding hydrogens is 292 g/mol. The molecule has 0 aliphatic heterocycles. The number of carbonyl (C=O) groups excluding carboxylic acids is 1. The van der Waals surface area contributed by atoms with Crippen LogP contribution >= 0.6 is 22.7 Å². The molecule has 20 heavy (non-hydrogen) atoms. The van der Waals surface area contributed by atoms with Gasteiger partial charge in [-0.25, -0.2) is 4.98 Å². The van der Waals surface area contributed by atoms with E-state index < -0.39 is 6.10 Å². The Kier molecular flexibility index (Phi) is 5.28. The number of nitrogens with one attached hydrogen (secondary N) is 1. The quantitative estimate of drug-likeness (QED) is 0.862. The predicted octanol–water partition coefficient (Wildman–Crippen LogP) is 3.01. The topological polar surface area (TPSA) is 62.2 Å². The molecule has 0 bridgehead atoms.